The molecule has 0 saturated heterocycles. The van der Waals surface area contributed by atoms with E-state index in [0.717, 1.165) is 12.8 Å². The Balaban J connectivity index is 3.14. The van der Waals surface area contributed by atoms with Gasteiger partial charge in [-0.15, -0.1) is 0 Å². The number of aliphatic hydroxyl groups excluding tert-OH is 2. The van der Waals surface area contributed by atoms with E-state index in [1.807, 2.05) is 0 Å². The van der Waals surface area contributed by atoms with E-state index < -0.39 is 0 Å². The lowest BCUT2D eigenvalue weighted by atomic mass is 10.1. The van der Waals surface area contributed by atoms with Crippen LogP contribution in [-0.2, 0) is 9.57 Å². The van der Waals surface area contributed by atoms with Crippen molar-refractivity contribution in [2.75, 3.05) is 33.1 Å². The lowest BCUT2D eigenvalue weighted by Gasteiger charge is -2.12. The standard InChI is InChI=1S/C9H22N2O4/c10-15-9(3-5-12)2-1-7-14-8-11-4-6-13/h9,11-13H,1-8,10H2. The van der Waals surface area contributed by atoms with E-state index >= 15 is 0 Å². The summed E-state index contributed by atoms with van der Waals surface area (Å²) >= 11 is 0. The van der Waals surface area contributed by atoms with Crippen LogP contribution >= 0.6 is 0 Å². The van der Waals surface area contributed by atoms with Gasteiger partial charge in [0.1, 0.15) is 0 Å². The lowest BCUT2D eigenvalue weighted by Crippen LogP contribution is -2.23. The van der Waals surface area contributed by atoms with E-state index in [-0.39, 0.29) is 19.3 Å². The Morgan fingerprint density at radius 3 is 2.60 bits per heavy atom. The Bertz CT molecular complexity index is 127. The summed E-state index contributed by atoms with van der Waals surface area (Å²) in [7, 11) is 0. The molecule has 15 heavy (non-hydrogen) atoms. The summed E-state index contributed by atoms with van der Waals surface area (Å²) in [4.78, 5) is 4.67. The van der Waals surface area contributed by atoms with E-state index in [4.69, 9.17) is 20.8 Å². The van der Waals surface area contributed by atoms with Crippen LogP contribution < -0.4 is 11.2 Å². The quantitative estimate of drug-likeness (QED) is 0.203. The highest BCUT2D eigenvalue weighted by Gasteiger charge is 2.06. The van der Waals surface area contributed by atoms with Gasteiger partial charge in [-0.2, -0.15) is 0 Å². The highest BCUT2D eigenvalue weighted by molar-refractivity contribution is 4.56. The van der Waals surface area contributed by atoms with E-state index in [9.17, 15) is 0 Å². The molecular formula is C9H22N2O4. The van der Waals surface area contributed by atoms with Crippen LogP contribution in [0.15, 0.2) is 0 Å². The first kappa shape index (κ1) is 14.8. The van der Waals surface area contributed by atoms with Crippen molar-refractivity contribution in [2.45, 2.75) is 25.4 Å². The van der Waals surface area contributed by atoms with Gasteiger partial charge < -0.3 is 19.8 Å². The third-order valence-corrected chi connectivity index (χ3v) is 1.95. The largest absolute Gasteiger partial charge is 0.396 e. The summed E-state index contributed by atoms with van der Waals surface area (Å²) < 4.78 is 5.23. The van der Waals surface area contributed by atoms with Crippen molar-refractivity contribution in [3.05, 3.63) is 0 Å². The molecule has 6 nitrogen and oxygen atoms in total. The molecule has 0 aromatic carbocycles. The van der Waals surface area contributed by atoms with Crippen LogP contribution in [0.2, 0.25) is 0 Å². The zero-order valence-corrected chi connectivity index (χ0v) is 9.02. The van der Waals surface area contributed by atoms with Gasteiger partial charge in [-0.3, -0.25) is 5.32 Å². The first-order valence-electron chi connectivity index (χ1n) is 5.20. The first-order valence-corrected chi connectivity index (χ1v) is 5.20. The van der Waals surface area contributed by atoms with Crippen molar-refractivity contribution >= 4 is 0 Å². The van der Waals surface area contributed by atoms with Crippen molar-refractivity contribution in [3.8, 4) is 0 Å². The van der Waals surface area contributed by atoms with Crippen LogP contribution in [-0.4, -0.2) is 49.4 Å². The van der Waals surface area contributed by atoms with Crippen LogP contribution in [0.25, 0.3) is 0 Å². The van der Waals surface area contributed by atoms with Crippen molar-refractivity contribution in [1.82, 2.24) is 5.32 Å². The van der Waals surface area contributed by atoms with Crippen molar-refractivity contribution in [1.29, 1.82) is 0 Å². The van der Waals surface area contributed by atoms with Gasteiger partial charge in [-0.1, -0.05) is 0 Å². The third-order valence-electron chi connectivity index (χ3n) is 1.95. The minimum atomic E-state index is -0.0935. The van der Waals surface area contributed by atoms with Crippen molar-refractivity contribution < 1.29 is 19.8 Å². The molecular weight excluding hydrogens is 200 g/mol. The number of aliphatic hydroxyl groups is 2. The molecule has 0 fully saturated rings. The lowest BCUT2D eigenvalue weighted by molar-refractivity contribution is 0.0204. The Kier molecular flexibility index (Phi) is 11.6. The average molecular weight is 222 g/mol. The summed E-state index contributed by atoms with van der Waals surface area (Å²) in [5.74, 6) is 5.05. The number of nitrogens with one attached hydrogen (secondary N) is 1. The summed E-state index contributed by atoms with van der Waals surface area (Å²) in [5, 5.41) is 20.0. The fourth-order valence-electron chi connectivity index (χ4n) is 1.13. The molecule has 0 saturated carbocycles. The number of hydrogen-bond acceptors (Lipinski definition) is 6. The highest BCUT2D eigenvalue weighted by Crippen LogP contribution is 2.04. The molecule has 92 valence electrons. The number of rotatable bonds is 11. The summed E-state index contributed by atoms with van der Waals surface area (Å²) in [6, 6.07) is 0. The molecule has 1 unspecified atom stereocenters. The fourth-order valence-corrected chi connectivity index (χ4v) is 1.13. The molecule has 0 heterocycles. The molecule has 0 aliphatic carbocycles. The second-order valence-electron chi connectivity index (χ2n) is 3.19. The molecule has 0 spiro atoms. The molecule has 5 N–H and O–H groups in total. The molecule has 0 aromatic rings. The third kappa shape index (κ3) is 10.1. The predicted molar refractivity (Wildman–Crippen MR) is 55.9 cm³/mol. The van der Waals surface area contributed by atoms with Gasteiger partial charge in [0.15, 0.2) is 0 Å². The molecule has 0 aliphatic heterocycles. The van der Waals surface area contributed by atoms with Gasteiger partial charge in [0.2, 0.25) is 0 Å². The van der Waals surface area contributed by atoms with Crippen molar-refractivity contribution in [2.24, 2.45) is 5.90 Å². The molecule has 0 aromatic heterocycles. The van der Waals surface area contributed by atoms with E-state index in [1.54, 1.807) is 0 Å². The van der Waals surface area contributed by atoms with Crippen LogP contribution in [0.1, 0.15) is 19.3 Å². The van der Waals surface area contributed by atoms with E-state index in [2.05, 4.69) is 10.2 Å². The van der Waals surface area contributed by atoms with E-state index in [0.29, 0.717) is 26.3 Å². The maximum Gasteiger partial charge on any atom is 0.0966 e. The van der Waals surface area contributed by atoms with Crippen LogP contribution in [0.3, 0.4) is 0 Å². The Morgan fingerprint density at radius 2 is 2.00 bits per heavy atom. The molecule has 0 amide bonds. The Hall–Kier alpha value is -0.240. The van der Waals surface area contributed by atoms with Gasteiger partial charge in [-0.05, 0) is 19.3 Å². The second-order valence-corrected chi connectivity index (χ2v) is 3.19. The predicted octanol–water partition coefficient (Wildman–Crippen LogP) is -1.04. The van der Waals surface area contributed by atoms with Crippen LogP contribution in [0.5, 0.6) is 0 Å². The molecule has 1 atom stereocenters. The number of hydrogen-bond donors (Lipinski definition) is 4. The zero-order chi connectivity index (χ0) is 11.4. The number of nitrogens with two attached hydrogens (primary N) is 1. The molecule has 0 bridgehead atoms. The maximum atomic E-state index is 8.67. The summed E-state index contributed by atoms with van der Waals surface area (Å²) in [6.45, 7) is 1.79. The average Bonchev–Trinajstić information content (AvgIpc) is 2.26. The molecule has 6 heteroatoms. The number of ether oxygens (including phenoxy) is 1. The second kappa shape index (κ2) is 11.8. The van der Waals surface area contributed by atoms with E-state index in [1.165, 1.54) is 0 Å². The maximum absolute atomic E-state index is 8.67. The minimum Gasteiger partial charge on any atom is -0.396 e. The molecule has 0 rings (SSSR count). The van der Waals surface area contributed by atoms with Crippen molar-refractivity contribution in [3.63, 3.8) is 0 Å². The first-order chi connectivity index (χ1) is 7.35. The van der Waals surface area contributed by atoms with Gasteiger partial charge in [0, 0.05) is 19.8 Å². The van der Waals surface area contributed by atoms with Gasteiger partial charge in [0.05, 0.1) is 19.4 Å². The summed E-state index contributed by atoms with van der Waals surface area (Å²) in [6.07, 6.45) is 2.07. The topological polar surface area (TPSA) is 97.0 Å². The summed E-state index contributed by atoms with van der Waals surface area (Å²) in [5.41, 5.74) is 0. The minimum absolute atomic E-state index is 0.0841. The Labute approximate surface area is 90.3 Å². The highest BCUT2D eigenvalue weighted by atomic mass is 16.6. The Morgan fingerprint density at radius 1 is 1.20 bits per heavy atom. The van der Waals surface area contributed by atoms with Gasteiger partial charge in [-0.25, -0.2) is 5.90 Å². The molecule has 0 radical (unpaired) electrons. The van der Waals surface area contributed by atoms with Gasteiger partial charge in [0.25, 0.3) is 0 Å². The molecule has 0 aliphatic rings. The normalized spacial score (nSPS) is 13.0. The van der Waals surface area contributed by atoms with Gasteiger partial charge >= 0.3 is 0 Å². The fraction of sp³-hybridized carbons (Fsp3) is 1.00. The smallest absolute Gasteiger partial charge is 0.0966 e. The zero-order valence-electron chi connectivity index (χ0n) is 9.02. The SMILES string of the molecule is NOC(CCO)CCCOCNCCO. The monoisotopic (exact) mass is 222 g/mol. The van der Waals surface area contributed by atoms with Crippen LogP contribution in [0.4, 0.5) is 0 Å². The van der Waals surface area contributed by atoms with Crippen LogP contribution in [0, 0.1) is 0 Å².